The van der Waals surface area contributed by atoms with Crippen LogP contribution >= 0.6 is 27.7 Å². The zero-order valence-electron chi connectivity index (χ0n) is 15.0. The van der Waals surface area contributed by atoms with Gasteiger partial charge < -0.3 is 10.4 Å². The van der Waals surface area contributed by atoms with Crippen molar-refractivity contribution in [2.75, 3.05) is 5.32 Å². The molecule has 30 heavy (non-hydrogen) atoms. The number of benzene rings is 2. The van der Waals surface area contributed by atoms with Gasteiger partial charge in [-0.15, -0.1) is 0 Å². The molecule has 0 spiro atoms. The van der Waals surface area contributed by atoms with Crippen LogP contribution in [0.15, 0.2) is 72.5 Å². The topological polar surface area (TPSA) is 140 Å². The number of hydrogen-bond acceptors (Lipinski definition) is 6. The fourth-order valence-electron chi connectivity index (χ4n) is 2.42. The van der Waals surface area contributed by atoms with E-state index in [1.54, 1.807) is 48.5 Å². The molecule has 0 radical (unpaired) electrons. The number of urea groups is 1. The third kappa shape index (κ3) is 4.86. The number of thiocyanates is 1. The molecule has 3 aromatic rings. The third-order valence-electron chi connectivity index (χ3n) is 3.79. The number of thioether (sulfide) groups is 1. The molecule has 11 heteroatoms. The molecule has 0 fully saturated rings. The van der Waals surface area contributed by atoms with Crippen molar-refractivity contribution in [1.82, 2.24) is 9.55 Å². The van der Waals surface area contributed by atoms with Gasteiger partial charge in [0.05, 0.1) is 11.9 Å². The molecule has 9 nitrogen and oxygen atoms in total. The summed E-state index contributed by atoms with van der Waals surface area (Å²) >= 11 is 4.25. The van der Waals surface area contributed by atoms with E-state index in [1.165, 1.54) is 0 Å². The number of carbonyl (C=O) groups excluding carboxylic acids is 1. The van der Waals surface area contributed by atoms with Gasteiger partial charge in [0.2, 0.25) is 5.88 Å². The molecule has 0 saturated heterocycles. The minimum atomic E-state index is -0.889. The zero-order valence-corrected chi connectivity index (χ0v) is 17.4. The number of aromatic nitrogens is 2. The third-order valence-corrected chi connectivity index (χ3v) is 4.91. The Morgan fingerprint density at radius 1 is 1.20 bits per heavy atom. The summed E-state index contributed by atoms with van der Waals surface area (Å²) in [7, 11) is 0. The van der Waals surface area contributed by atoms with Gasteiger partial charge in [0.15, 0.2) is 0 Å². The van der Waals surface area contributed by atoms with Gasteiger partial charge in [-0.1, -0.05) is 15.9 Å². The average molecular weight is 486 g/mol. The Kier molecular flexibility index (Phi) is 6.51. The van der Waals surface area contributed by atoms with Gasteiger partial charge in [-0.2, -0.15) is 5.26 Å². The van der Waals surface area contributed by atoms with Crippen LogP contribution < -0.4 is 16.6 Å². The molecule has 2 aromatic carbocycles. The van der Waals surface area contributed by atoms with Crippen LogP contribution in [0, 0.1) is 10.7 Å². The molecule has 0 saturated carbocycles. The number of rotatable bonds is 4. The van der Waals surface area contributed by atoms with E-state index in [0.717, 1.165) is 27.0 Å². The number of aromatic hydroxyl groups is 1. The summed E-state index contributed by atoms with van der Waals surface area (Å²) in [6, 6.07) is 12.1. The highest BCUT2D eigenvalue weighted by molar-refractivity contribution is 9.10. The maximum absolute atomic E-state index is 12.1. The molecule has 0 bridgehead atoms. The van der Waals surface area contributed by atoms with Crippen molar-refractivity contribution in [2.24, 2.45) is 4.99 Å². The molecule has 0 aliphatic carbocycles. The van der Waals surface area contributed by atoms with E-state index in [9.17, 15) is 19.5 Å². The number of anilines is 1. The number of nitriles is 1. The summed E-state index contributed by atoms with van der Waals surface area (Å²) in [5.74, 6) is -0.652. The Hall–Kier alpha value is -3.62. The molecular formula is C19H12BrN5O4S. The van der Waals surface area contributed by atoms with E-state index >= 15 is 0 Å². The van der Waals surface area contributed by atoms with Crippen molar-refractivity contribution in [3.63, 3.8) is 0 Å². The number of nitrogens with zero attached hydrogens (tertiary/aromatic N) is 3. The molecular weight excluding hydrogens is 474 g/mol. The van der Waals surface area contributed by atoms with Crippen LogP contribution in [-0.4, -0.2) is 26.9 Å². The van der Waals surface area contributed by atoms with Gasteiger partial charge in [-0.05, 0) is 60.3 Å². The molecule has 0 aliphatic heterocycles. The highest BCUT2D eigenvalue weighted by atomic mass is 79.9. The molecule has 3 N–H and O–H groups in total. The van der Waals surface area contributed by atoms with E-state index in [2.05, 4.69) is 31.2 Å². The molecule has 150 valence electrons. The van der Waals surface area contributed by atoms with Gasteiger partial charge in [0.1, 0.15) is 11.0 Å². The quantitative estimate of drug-likeness (QED) is 0.294. The first-order valence-electron chi connectivity index (χ1n) is 8.24. The van der Waals surface area contributed by atoms with E-state index in [1.807, 2.05) is 5.40 Å². The lowest BCUT2D eigenvalue weighted by Gasteiger charge is -2.09. The number of amides is 2. The Labute approximate surface area is 181 Å². The largest absolute Gasteiger partial charge is 0.493 e. The number of halogens is 1. The summed E-state index contributed by atoms with van der Waals surface area (Å²) in [5.41, 5.74) is -1.34. The van der Waals surface area contributed by atoms with Crippen molar-refractivity contribution in [2.45, 2.75) is 4.90 Å². The van der Waals surface area contributed by atoms with Crippen molar-refractivity contribution < 1.29 is 9.90 Å². The number of aromatic amines is 1. The Morgan fingerprint density at radius 3 is 2.50 bits per heavy atom. The lowest BCUT2D eigenvalue weighted by Crippen LogP contribution is -2.31. The molecule has 1 heterocycles. The number of hydrogen-bond donors (Lipinski definition) is 3. The fraction of sp³-hybridized carbons (Fsp3) is 0. The van der Waals surface area contributed by atoms with Gasteiger partial charge in [-0.3, -0.25) is 9.78 Å². The van der Waals surface area contributed by atoms with Crippen molar-refractivity contribution in [1.29, 1.82) is 5.26 Å². The maximum Gasteiger partial charge on any atom is 0.345 e. The second kappa shape index (κ2) is 9.25. The second-order valence-electron chi connectivity index (χ2n) is 5.71. The average Bonchev–Trinajstić information content (AvgIpc) is 2.70. The van der Waals surface area contributed by atoms with Crippen molar-refractivity contribution in [3.05, 3.63) is 79.4 Å². The summed E-state index contributed by atoms with van der Waals surface area (Å²) < 4.78 is 1.65. The van der Waals surface area contributed by atoms with E-state index in [4.69, 9.17) is 5.26 Å². The van der Waals surface area contributed by atoms with E-state index < -0.39 is 23.2 Å². The maximum atomic E-state index is 12.1. The van der Waals surface area contributed by atoms with Crippen LogP contribution in [0.1, 0.15) is 5.56 Å². The Bertz CT molecular complexity index is 1270. The smallest absolute Gasteiger partial charge is 0.345 e. The zero-order chi connectivity index (χ0) is 21.7. The number of aliphatic imine (C=N–C) groups is 1. The minimum absolute atomic E-state index is 0.311. The van der Waals surface area contributed by atoms with Crippen molar-refractivity contribution in [3.8, 4) is 17.0 Å². The van der Waals surface area contributed by atoms with E-state index in [-0.39, 0.29) is 5.56 Å². The van der Waals surface area contributed by atoms with Crippen LogP contribution in [0.4, 0.5) is 10.5 Å². The molecule has 0 atom stereocenters. The number of nitrogens with one attached hydrogen (secondary N) is 2. The van der Waals surface area contributed by atoms with Crippen LogP contribution in [0.5, 0.6) is 5.88 Å². The SMILES string of the molecule is N#CSc1ccc(NC(=O)/N=C/c2c(O)n(-c3ccc(Br)cc3)c(=O)[nH]c2=O)cc1. The Balaban J connectivity index is 1.86. The lowest BCUT2D eigenvalue weighted by molar-refractivity contribution is 0.259. The standard InChI is InChI=1S/C19H12BrN5O4S/c20-11-1-5-13(6-2-11)25-17(27)15(16(26)24-19(25)29)9-22-18(28)23-12-3-7-14(8-4-12)30-10-21/h1-9,27H,(H,23,28)(H,24,26,29)/b22-9+. The van der Waals surface area contributed by atoms with Gasteiger partial charge in [0.25, 0.3) is 5.56 Å². The van der Waals surface area contributed by atoms with Crippen LogP contribution in [0.2, 0.25) is 0 Å². The summed E-state index contributed by atoms with van der Waals surface area (Å²) in [5, 5.41) is 23.5. The predicted molar refractivity (Wildman–Crippen MR) is 117 cm³/mol. The fourth-order valence-corrected chi connectivity index (χ4v) is 3.06. The first kappa shape index (κ1) is 21.1. The highest BCUT2D eigenvalue weighted by Gasteiger charge is 2.14. The number of carbonyl (C=O) groups is 1. The van der Waals surface area contributed by atoms with Crippen LogP contribution in [0.25, 0.3) is 5.69 Å². The summed E-state index contributed by atoms with van der Waals surface area (Å²) in [6.07, 6.45) is 0.873. The first-order chi connectivity index (χ1) is 14.4. The van der Waals surface area contributed by atoms with Gasteiger partial charge in [0, 0.05) is 15.1 Å². The molecule has 1 aromatic heterocycles. The monoisotopic (exact) mass is 485 g/mol. The molecule has 0 aliphatic rings. The van der Waals surface area contributed by atoms with Gasteiger partial charge >= 0.3 is 11.7 Å². The second-order valence-corrected chi connectivity index (χ2v) is 7.49. The first-order valence-corrected chi connectivity index (χ1v) is 9.85. The Morgan fingerprint density at radius 2 is 1.87 bits per heavy atom. The molecule has 3 rings (SSSR count). The van der Waals surface area contributed by atoms with Gasteiger partial charge in [-0.25, -0.2) is 19.1 Å². The molecule has 0 unspecified atom stereocenters. The summed E-state index contributed by atoms with van der Waals surface area (Å²) in [6.45, 7) is 0. The van der Waals surface area contributed by atoms with Crippen LogP contribution in [-0.2, 0) is 0 Å². The lowest BCUT2D eigenvalue weighted by atomic mass is 10.3. The predicted octanol–water partition coefficient (Wildman–Crippen LogP) is 3.22. The number of H-pyrrole nitrogens is 1. The molecule has 2 amide bonds. The minimum Gasteiger partial charge on any atom is -0.493 e. The summed E-state index contributed by atoms with van der Waals surface area (Å²) in [4.78, 5) is 42.7. The normalized spacial score (nSPS) is 10.7. The highest BCUT2D eigenvalue weighted by Crippen LogP contribution is 2.20. The van der Waals surface area contributed by atoms with Crippen molar-refractivity contribution >= 4 is 45.6 Å². The van der Waals surface area contributed by atoms with Crippen LogP contribution in [0.3, 0.4) is 0 Å². The van der Waals surface area contributed by atoms with E-state index in [0.29, 0.717) is 16.3 Å².